The summed E-state index contributed by atoms with van der Waals surface area (Å²) in [5.74, 6) is -0.955. The molecule has 0 saturated carbocycles. The predicted octanol–water partition coefficient (Wildman–Crippen LogP) is 4.90. The lowest BCUT2D eigenvalue weighted by atomic mass is 9.93. The van der Waals surface area contributed by atoms with E-state index in [1.807, 2.05) is 0 Å². The van der Waals surface area contributed by atoms with Crippen molar-refractivity contribution in [3.05, 3.63) is 71.3 Å². The molecule has 4 heteroatoms. The molecule has 0 aliphatic carbocycles. The van der Waals surface area contributed by atoms with Crippen molar-refractivity contribution in [2.45, 2.75) is 10.8 Å². The molecule has 0 aliphatic rings. The van der Waals surface area contributed by atoms with Crippen LogP contribution in [0.2, 0.25) is 0 Å². The highest BCUT2D eigenvalue weighted by Crippen LogP contribution is 2.33. The summed E-state index contributed by atoms with van der Waals surface area (Å²) in [6.45, 7) is 0. The molecule has 0 unspecified atom stereocenters. The van der Waals surface area contributed by atoms with E-state index < -0.39 is 4.84 Å². The number of rotatable bonds is 3. The van der Waals surface area contributed by atoms with Gasteiger partial charge in [-0.2, -0.15) is 0 Å². The highest BCUT2D eigenvalue weighted by Gasteiger charge is 2.21. The third-order valence-corrected chi connectivity index (χ3v) is 3.21. The van der Waals surface area contributed by atoms with E-state index in [-0.39, 0.29) is 17.6 Å². The van der Waals surface area contributed by atoms with E-state index in [1.165, 1.54) is 24.3 Å². The van der Waals surface area contributed by atoms with Crippen LogP contribution in [0.3, 0.4) is 0 Å². The number of hydrogen-bond acceptors (Lipinski definition) is 0. The Balaban J connectivity index is 2.39. The summed E-state index contributed by atoms with van der Waals surface area (Å²) in [6.07, 6.45) is 0. The Morgan fingerprint density at radius 1 is 0.667 bits per heavy atom. The van der Waals surface area contributed by atoms with Gasteiger partial charge in [0.15, 0.2) is 0 Å². The van der Waals surface area contributed by atoms with Crippen LogP contribution in [0.5, 0.6) is 0 Å². The summed E-state index contributed by atoms with van der Waals surface area (Å²) in [4.78, 5) is -0.694. The van der Waals surface area contributed by atoms with E-state index in [0.29, 0.717) is 0 Å². The zero-order valence-electron chi connectivity index (χ0n) is 9.29. The Bertz CT molecular complexity index is 461. The average molecular weight is 287 g/mol. The number of halogens is 4. The summed E-state index contributed by atoms with van der Waals surface area (Å²) >= 11 is 11.9. The van der Waals surface area contributed by atoms with Crippen molar-refractivity contribution in [3.63, 3.8) is 0 Å². The van der Waals surface area contributed by atoms with E-state index in [2.05, 4.69) is 0 Å². The molecular formula is C14H10Cl2F2. The molecule has 0 bridgehead atoms. The molecule has 0 atom stereocenters. The van der Waals surface area contributed by atoms with E-state index in [4.69, 9.17) is 23.2 Å². The summed E-state index contributed by atoms with van der Waals surface area (Å²) in [7, 11) is 0. The van der Waals surface area contributed by atoms with Gasteiger partial charge in [-0.1, -0.05) is 24.3 Å². The van der Waals surface area contributed by atoms with Gasteiger partial charge >= 0.3 is 0 Å². The largest absolute Gasteiger partial charge is 0.207 e. The maximum atomic E-state index is 12.9. The first kappa shape index (κ1) is 13.3. The van der Waals surface area contributed by atoms with Crippen molar-refractivity contribution in [2.24, 2.45) is 0 Å². The predicted molar refractivity (Wildman–Crippen MR) is 70.1 cm³/mol. The molecule has 2 rings (SSSR count). The molecule has 2 aromatic rings. The first-order valence-electron chi connectivity index (χ1n) is 5.37. The normalized spacial score (nSPS) is 11.2. The number of benzene rings is 2. The minimum atomic E-state index is -0.694. The smallest absolute Gasteiger partial charge is 0.123 e. The second kappa shape index (κ2) is 5.68. The molecule has 94 valence electrons. The van der Waals surface area contributed by atoms with Gasteiger partial charge in [0.2, 0.25) is 0 Å². The molecular weight excluding hydrogens is 277 g/mol. The molecule has 0 aromatic heterocycles. The molecule has 18 heavy (non-hydrogen) atoms. The molecule has 0 heterocycles. The van der Waals surface area contributed by atoms with Crippen molar-refractivity contribution in [3.8, 4) is 0 Å². The fourth-order valence-electron chi connectivity index (χ4n) is 1.82. The van der Waals surface area contributed by atoms with Crippen LogP contribution < -0.4 is 0 Å². The maximum absolute atomic E-state index is 12.9. The lowest BCUT2D eigenvalue weighted by molar-refractivity contribution is 0.625. The molecule has 0 saturated heterocycles. The van der Waals surface area contributed by atoms with Crippen molar-refractivity contribution < 1.29 is 8.78 Å². The molecule has 0 N–H and O–H groups in total. The van der Waals surface area contributed by atoms with Crippen LogP contribution in [0.1, 0.15) is 17.0 Å². The monoisotopic (exact) mass is 286 g/mol. The zero-order chi connectivity index (χ0) is 13.1. The van der Waals surface area contributed by atoms with E-state index in [0.717, 1.165) is 11.1 Å². The van der Waals surface area contributed by atoms with Crippen molar-refractivity contribution in [2.75, 3.05) is 0 Å². The van der Waals surface area contributed by atoms with Gasteiger partial charge in [0.25, 0.3) is 0 Å². The summed E-state index contributed by atoms with van der Waals surface area (Å²) in [5.41, 5.74) is 1.58. The quantitative estimate of drug-likeness (QED) is 0.704. The van der Waals surface area contributed by atoms with Crippen molar-refractivity contribution in [1.29, 1.82) is 0 Å². The van der Waals surface area contributed by atoms with Crippen LogP contribution in [0.25, 0.3) is 0 Å². The highest BCUT2D eigenvalue weighted by molar-refractivity contribution is 6.45. The fraction of sp³-hybridized carbons (Fsp3) is 0.143. The van der Waals surface area contributed by atoms with E-state index >= 15 is 0 Å². The third kappa shape index (κ3) is 3.01. The Labute approximate surface area is 114 Å². The van der Waals surface area contributed by atoms with Crippen molar-refractivity contribution >= 4 is 23.2 Å². The molecule has 0 amide bonds. The zero-order valence-corrected chi connectivity index (χ0v) is 10.8. The average Bonchev–Trinajstić information content (AvgIpc) is 2.34. The van der Waals surface area contributed by atoms with Crippen LogP contribution in [0, 0.1) is 11.6 Å². The van der Waals surface area contributed by atoms with Crippen LogP contribution in [0.4, 0.5) is 8.78 Å². The van der Waals surface area contributed by atoms with Gasteiger partial charge in [0.1, 0.15) is 16.5 Å². The Kier molecular flexibility index (Phi) is 4.20. The fourth-order valence-corrected chi connectivity index (χ4v) is 2.41. The maximum Gasteiger partial charge on any atom is 0.123 e. The number of hydrogen-bond donors (Lipinski definition) is 0. The lowest BCUT2D eigenvalue weighted by Crippen LogP contribution is -2.09. The minimum absolute atomic E-state index is 0.311. The first-order chi connectivity index (χ1) is 8.58. The van der Waals surface area contributed by atoms with Crippen molar-refractivity contribution in [1.82, 2.24) is 0 Å². The molecule has 2 aromatic carbocycles. The minimum Gasteiger partial charge on any atom is -0.207 e. The molecule has 0 radical (unpaired) electrons. The first-order valence-corrected chi connectivity index (χ1v) is 6.24. The van der Waals surface area contributed by atoms with Gasteiger partial charge in [-0.15, -0.1) is 23.2 Å². The molecule has 0 aliphatic heterocycles. The standard InChI is InChI=1S/C14H10Cl2F2/c15-14(16)13(9-1-5-11(17)6-2-9)10-3-7-12(18)8-4-10/h1-8,13-14H. The van der Waals surface area contributed by atoms with Gasteiger partial charge in [-0.25, -0.2) is 8.78 Å². The van der Waals surface area contributed by atoms with Gasteiger partial charge in [0.05, 0.1) is 0 Å². The third-order valence-electron chi connectivity index (χ3n) is 2.71. The Morgan fingerprint density at radius 3 is 1.28 bits per heavy atom. The van der Waals surface area contributed by atoms with Crippen LogP contribution >= 0.6 is 23.2 Å². The lowest BCUT2D eigenvalue weighted by Gasteiger charge is -2.19. The van der Waals surface area contributed by atoms with Gasteiger partial charge < -0.3 is 0 Å². The molecule has 0 fully saturated rings. The highest BCUT2D eigenvalue weighted by atomic mass is 35.5. The van der Waals surface area contributed by atoms with Crippen LogP contribution in [-0.2, 0) is 0 Å². The van der Waals surface area contributed by atoms with Gasteiger partial charge in [-0.05, 0) is 35.4 Å². The number of alkyl halides is 2. The Morgan fingerprint density at radius 2 is 1.00 bits per heavy atom. The second-order valence-electron chi connectivity index (χ2n) is 3.92. The second-order valence-corrected chi connectivity index (χ2v) is 5.08. The van der Waals surface area contributed by atoms with E-state index in [1.54, 1.807) is 24.3 Å². The summed E-state index contributed by atoms with van der Waals surface area (Å²) < 4.78 is 25.8. The van der Waals surface area contributed by atoms with Crippen LogP contribution in [-0.4, -0.2) is 4.84 Å². The summed E-state index contributed by atoms with van der Waals surface area (Å²) in [5, 5.41) is 0. The molecule has 0 nitrogen and oxygen atoms in total. The van der Waals surface area contributed by atoms with E-state index in [9.17, 15) is 8.78 Å². The van der Waals surface area contributed by atoms with Crippen LogP contribution in [0.15, 0.2) is 48.5 Å². The van der Waals surface area contributed by atoms with Gasteiger partial charge in [-0.3, -0.25) is 0 Å². The van der Waals surface area contributed by atoms with Gasteiger partial charge in [0, 0.05) is 5.92 Å². The molecule has 0 spiro atoms. The summed E-state index contributed by atoms with van der Waals surface area (Å²) in [6, 6.07) is 11.9. The topological polar surface area (TPSA) is 0 Å². The SMILES string of the molecule is Fc1ccc(C(c2ccc(F)cc2)C(Cl)Cl)cc1. The Hall–Kier alpha value is -1.12.